The fraction of sp³-hybridized carbons (Fsp3) is 0.278. The maximum absolute atomic E-state index is 13.7. The van der Waals surface area contributed by atoms with Gasteiger partial charge in [-0.3, -0.25) is 4.79 Å². The van der Waals surface area contributed by atoms with Crippen LogP contribution < -0.4 is 15.0 Å². The van der Waals surface area contributed by atoms with Crippen molar-refractivity contribution in [3.05, 3.63) is 58.4 Å². The second kappa shape index (κ2) is 8.13. The minimum absolute atomic E-state index is 0.130. The molecule has 1 unspecified atom stereocenters. The number of halogens is 2. The zero-order valence-corrected chi connectivity index (χ0v) is 14.7. The third kappa shape index (κ3) is 4.94. The Morgan fingerprint density at radius 1 is 1.29 bits per heavy atom. The highest BCUT2D eigenvalue weighted by Gasteiger charge is 2.15. The van der Waals surface area contributed by atoms with Crippen LogP contribution in [-0.2, 0) is 11.3 Å². The van der Waals surface area contributed by atoms with Gasteiger partial charge < -0.3 is 15.0 Å². The molecule has 2 rings (SSSR count). The molecule has 6 heteroatoms. The van der Waals surface area contributed by atoms with Crippen molar-refractivity contribution in [1.29, 1.82) is 0 Å². The van der Waals surface area contributed by atoms with E-state index in [1.807, 2.05) is 32.2 Å². The molecule has 0 saturated carbocycles. The van der Waals surface area contributed by atoms with E-state index in [9.17, 15) is 9.18 Å². The van der Waals surface area contributed by atoms with Crippen LogP contribution in [0.2, 0.25) is 5.02 Å². The quantitative estimate of drug-likeness (QED) is 0.839. The number of quaternary nitrogens is 1. The van der Waals surface area contributed by atoms with Crippen LogP contribution in [0.5, 0.6) is 5.75 Å². The van der Waals surface area contributed by atoms with Gasteiger partial charge in [0.05, 0.1) is 19.8 Å². The lowest BCUT2D eigenvalue weighted by atomic mass is 10.1. The zero-order chi connectivity index (χ0) is 17.7. The van der Waals surface area contributed by atoms with Gasteiger partial charge in [-0.2, -0.15) is 0 Å². The zero-order valence-electron chi connectivity index (χ0n) is 14.0. The van der Waals surface area contributed by atoms with Gasteiger partial charge in [-0.1, -0.05) is 23.2 Å². The normalized spacial score (nSPS) is 11.9. The lowest BCUT2D eigenvalue weighted by molar-refractivity contribution is -0.885. The highest BCUT2D eigenvalue weighted by Crippen LogP contribution is 2.19. The average Bonchev–Trinajstić information content (AvgIpc) is 2.50. The number of hydrogen-bond donors (Lipinski definition) is 2. The molecule has 2 aromatic carbocycles. The predicted molar refractivity (Wildman–Crippen MR) is 93.2 cm³/mol. The summed E-state index contributed by atoms with van der Waals surface area (Å²) < 4.78 is 19.1. The van der Waals surface area contributed by atoms with Gasteiger partial charge in [0, 0.05) is 10.6 Å². The molecule has 4 nitrogen and oxygen atoms in total. The highest BCUT2D eigenvalue weighted by atomic mass is 35.5. The molecule has 2 N–H and O–H groups in total. The van der Waals surface area contributed by atoms with Crippen LogP contribution >= 0.6 is 11.6 Å². The summed E-state index contributed by atoms with van der Waals surface area (Å²) in [6.45, 7) is 2.84. The Morgan fingerprint density at radius 2 is 2.04 bits per heavy atom. The van der Waals surface area contributed by atoms with Gasteiger partial charge >= 0.3 is 0 Å². The van der Waals surface area contributed by atoms with Crippen molar-refractivity contribution in [2.24, 2.45) is 0 Å². The van der Waals surface area contributed by atoms with Crippen molar-refractivity contribution in [2.45, 2.75) is 13.5 Å². The number of hydrogen-bond acceptors (Lipinski definition) is 2. The lowest BCUT2D eigenvalue weighted by Gasteiger charge is -2.16. The monoisotopic (exact) mass is 351 g/mol. The Labute approximate surface area is 146 Å². The third-order valence-electron chi connectivity index (χ3n) is 3.60. The number of likely N-dealkylation sites (N-methyl/N-ethyl adjacent to an activating group) is 1. The van der Waals surface area contributed by atoms with Crippen molar-refractivity contribution in [3.8, 4) is 5.75 Å². The number of ether oxygens (including phenoxy) is 1. The molecule has 0 aliphatic carbocycles. The number of benzene rings is 2. The van der Waals surface area contributed by atoms with E-state index in [1.165, 1.54) is 18.2 Å². The lowest BCUT2D eigenvalue weighted by Crippen LogP contribution is -3.08. The number of aryl methyl sites for hydroxylation is 1. The molecule has 0 radical (unpaired) electrons. The van der Waals surface area contributed by atoms with Crippen molar-refractivity contribution in [1.82, 2.24) is 0 Å². The minimum atomic E-state index is -0.547. The van der Waals surface area contributed by atoms with Crippen LogP contribution in [0, 0.1) is 12.7 Å². The van der Waals surface area contributed by atoms with E-state index in [-0.39, 0.29) is 18.1 Å². The van der Waals surface area contributed by atoms with Crippen LogP contribution in [-0.4, -0.2) is 26.6 Å². The van der Waals surface area contributed by atoms with Crippen molar-refractivity contribution in [3.63, 3.8) is 0 Å². The summed E-state index contributed by atoms with van der Waals surface area (Å²) in [5.41, 5.74) is 2.29. The molecule has 0 aliphatic heterocycles. The van der Waals surface area contributed by atoms with E-state index in [2.05, 4.69) is 5.32 Å². The third-order valence-corrected chi connectivity index (χ3v) is 3.83. The summed E-state index contributed by atoms with van der Waals surface area (Å²) in [5, 5.41) is 2.86. The first-order chi connectivity index (χ1) is 11.4. The number of amides is 1. The molecule has 0 aliphatic rings. The molecule has 0 heterocycles. The molecule has 24 heavy (non-hydrogen) atoms. The SMILES string of the molecule is COc1ccc(C)cc1C[NH+](C)CC(=O)Nc1ccc(Cl)cc1F. The Bertz CT molecular complexity index is 737. The van der Waals surface area contributed by atoms with E-state index in [4.69, 9.17) is 16.3 Å². The van der Waals surface area contributed by atoms with E-state index in [0.29, 0.717) is 11.6 Å². The summed E-state index contributed by atoms with van der Waals surface area (Å²) in [4.78, 5) is 13.1. The van der Waals surface area contributed by atoms with Gasteiger partial charge in [0.25, 0.3) is 5.91 Å². The molecular formula is C18H21ClFN2O2+. The number of rotatable bonds is 6. The number of methoxy groups -OCH3 is 1. The molecule has 0 fully saturated rings. The molecule has 128 valence electrons. The maximum Gasteiger partial charge on any atom is 0.279 e. The highest BCUT2D eigenvalue weighted by molar-refractivity contribution is 6.30. The summed E-state index contributed by atoms with van der Waals surface area (Å²) in [6.07, 6.45) is 0. The van der Waals surface area contributed by atoms with Gasteiger partial charge in [0.1, 0.15) is 18.1 Å². The van der Waals surface area contributed by atoms with E-state index in [1.54, 1.807) is 7.11 Å². The summed E-state index contributed by atoms with van der Waals surface area (Å²) in [7, 11) is 3.53. The standard InChI is InChI=1S/C18H20ClFN2O2/c1-12-4-7-17(24-3)13(8-12)10-22(2)11-18(23)21-16-6-5-14(19)9-15(16)20/h4-9H,10-11H2,1-3H3,(H,21,23)/p+1. The first kappa shape index (κ1) is 18.2. The van der Waals surface area contributed by atoms with Gasteiger partial charge in [0.2, 0.25) is 0 Å². The predicted octanol–water partition coefficient (Wildman–Crippen LogP) is 2.45. The van der Waals surface area contributed by atoms with Crippen molar-refractivity contribution < 1.29 is 18.8 Å². The topological polar surface area (TPSA) is 42.8 Å². The maximum atomic E-state index is 13.7. The molecule has 0 spiro atoms. The molecular weight excluding hydrogens is 331 g/mol. The Hall–Kier alpha value is -2.11. The first-order valence-corrected chi connectivity index (χ1v) is 7.96. The van der Waals surface area contributed by atoms with Crippen LogP contribution in [0.4, 0.5) is 10.1 Å². The molecule has 0 saturated heterocycles. The van der Waals surface area contributed by atoms with Crippen LogP contribution in [0.25, 0.3) is 0 Å². The second-order valence-electron chi connectivity index (χ2n) is 5.80. The Morgan fingerprint density at radius 3 is 2.71 bits per heavy atom. The number of anilines is 1. The van der Waals surface area contributed by atoms with Gasteiger partial charge in [-0.15, -0.1) is 0 Å². The molecule has 0 aromatic heterocycles. The fourth-order valence-electron chi connectivity index (χ4n) is 2.49. The second-order valence-corrected chi connectivity index (χ2v) is 6.23. The van der Waals surface area contributed by atoms with Crippen molar-refractivity contribution in [2.75, 3.05) is 26.0 Å². The van der Waals surface area contributed by atoms with Gasteiger partial charge in [-0.25, -0.2) is 4.39 Å². The minimum Gasteiger partial charge on any atom is -0.496 e. The van der Waals surface area contributed by atoms with Gasteiger partial charge in [0.15, 0.2) is 6.54 Å². The average molecular weight is 352 g/mol. The molecule has 1 amide bonds. The number of nitrogens with one attached hydrogen (secondary N) is 2. The Balaban J connectivity index is 1.98. The largest absolute Gasteiger partial charge is 0.496 e. The van der Waals surface area contributed by atoms with Crippen LogP contribution in [0.3, 0.4) is 0 Å². The van der Waals surface area contributed by atoms with E-state index in [0.717, 1.165) is 21.8 Å². The molecule has 2 aromatic rings. The molecule has 0 bridgehead atoms. The van der Waals surface area contributed by atoms with Crippen LogP contribution in [0.1, 0.15) is 11.1 Å². The first-order valence-electron chi connectivity index (χ1n) is 7.58. The van der Waals surface area contributed by atoms with Gasteiger partial charge in [-0.05, 0) is 37.3 Å². The molecule has 1 atom stereocenters. The van der Waals surface area contributed by atoms with E-state index >= 15 is 0 Å². The van der Waals surface area contributed by atoms with E-state index < -0.39 is 5.82 Å². The fourth-order valence-corrected chi connectivity index (χ4v) is 2.65. The smallest absolute Gasteiger partial charge is 0.279 e. The van der Waals surface area contributed by atoms with Crippen molar-refractivity contribution >= 4 is 23.2 Å². The Kier molecular flexibility index (Phi) is 6.17. The number of carbonyl (C=O) groups excluding carboxylic acids is 1. The van der Waals surface area contributed by atoms with Crippen LogP contribution in [0.15, 0.2) is 36.4 Å². The number of carbonyl (C=O) groups is 1. The summed E-state index contributed by atoms with van der Waals surface area (Å²) in [6, 6.07) is 10.1. The summed E-state index contributed by atoms with van der Waals surface area (Å²) in [5.74, 6) is -0.0155. The summed E-state index contributed by atoms with van der Waals surface area (Å²) >= 11 is 5.70.